The zero-order valence-electron chi connectivity index (χ0n) is 12.1. The minimum absolute atomic E-state index is 0.158. The largest absolute Gasteiger partial charge is 0.361 e. The van der Waals surface area contributed by atoms with E-state index in [0.29, 0.717) is 5.39 Å². The Hall–Kier alpha value is -2.13. The van der Waals surface area contributed by atoms with Crippen LogP contribution < -0.4 is 5.32 Å². The monoisotopic (exact) mass is 282 g/mol. The van der Waals surface area contributed by atoms with Crippen LogP contribution >= 0.6 is 0 Å². The van der Waals surface area contributed by atoms with E-state index in [9.17, 15) is 4.39 Å². The van der Waals surface area contributed by atoms with Gasteiger partial charge in [0.2, 0.25) is 0 Å². The van der Waals surface area contributed by atoms with Gasteiger partial charge in [0.15, 0.2) is 0 Å². The first-order valence-electron chi connectivity index (χ1n) is 7.26. The summed E-state index contributed by atoms with van der Waals surface area (Å²) in [6, 6.07) is 15.5. The summed E-state index contributed by atoms with van der Waals surface area (Å²) in [4.78, 5) is 3.20. The maximum atomic E-state index is 14.2. The molecule has 2 aromatic carbocycles. The van der Waals surface area contributed by atoms with Crippen molar-refractivity contribution in [1.29, 1.82) is 0 Å². The summed E-state index contributed by atoms with van der Waals surface area (Å²) in [5.74, 6) is 0.0263. The molecule has 3 aromatic rings. The highest BCUT2D eigenvalue weighted by Crippen LogP contribution is 2.34. The van der Waals surface area contributed by atoms with Gasteiger partial charge in [-0.15, -0.1) is 0 Å². The number of halogens is 1. The predicted molar refractivity (Wildman–Crippen MR) is 85.1 cm³/mol. The molecular formula is C18H19FN2. The van der Waals surface area contributed by atoms with Crippen LogP contribution in [0.4, 0.5) is 4.39 Å². The Bertz CT molecular complexity index is 718. The zero-order valence-corrected chi connectivity index (χ0v) is 12.1. The normalized spacial score (nSPS) is 12.7. The molecule has 0 amide bonds. The summed E-state index contributed by atoms with van der Waals surface area (Å²) >= 11 is 0. The van der Waals surface area contributed by atoms with E-state index in [1.165, 1.54) is 11.6 Å². The highest BCUT2D eigenvalue weighted by Gasteiger charge is 2.19. The summed E-state index contributed by atoms with van der Waals surface area (Å²) in [6.45, 7) is 0.890. The van der Waals surface area contributed by atoms with E-state index in [1.807, 2.05) is 37.5 Å². The minimum atomic E-state index is -0.158. The van der Waals surface area contributed by atoms with E-state index >= 15 is 0 Å². The van der Waals surface area contributed by atoms with Crippen molar-refractivity contribution in [2.24, 2.45) is 0 Å². The van der Waals surface area contributed by atoms with E-state index in [0.717, 1.165) is 24.0 Å². The predicted octanol–water partition coefficient (Wildman–Crippen LogP) is 4.05. The third-order valence-electron chi connectivity index (χ3n) is 3.95. The Balaban J connectivity index is 2.10. The van der Waals surface area contributed by atoms with Crippen molar-refractivity contribution in [3.63, 3.8) is 0 Å². The van der Waals surface area contributed by atoms with Crippen molar-refractivity contribution in [2.45, 2.75) is 12.3 Å². The van der Waals surface area contributed by atoms with Gasteiger partial charge in [-0.3, -0.25) is 0 Å². The maximum Gasteiger partial charge on any atom is 0.132 e. The molecule has 1 aromatic heterocycles. The molecule has 1 unspecified atom stereocenters. The first-order valence-corrected chi connectivity index (χ1v) is 7.26. The van der Waals surface area contributed by atoms with Crippen LogP contribution in [0.5, 0.6) is 0 Å². The molecule has 0 aliphatic heterocycles. The second-order valence-electron chi connectivity index (χ2n) is 5.26. The fourth-order valence-corrected chi connectivity index (χ4v) is 2.92. The molecular weight excluding hydrogens is 263 g/mol. The standard InChI is InChI=1S/C18H19FN2/c1-20-11-10-14(13-6-3-2-4-7-13)15-12-21-17-9-5-8-16(19)18(15)17/h2-9,12,14,20-21H,10-11H2,1H3. The van der Waals surface area contributed by atoms with Crippen LogP contribution in [0.3, 0.4) is 0 Å². The second-order valence-corrected chi connectivity index (χ2v) is 5.26. The SMILES string of the molecule is CNCCC(c1ccccc1)c1c[nH]c2cccc(F)c12. The average Bonchev–Trinajstić information content (AvgIpc) is 2.94. The Morgan fingerprint density at radius 3 is 2.67 bits per heavy atom. The lowest BCUT2D eigenvalue weighted by Gasteiger charge is -2.17. The summed E-state index contributed by atoms with van der Waals surface area (Å²) in [5, 5.41) is 3.90. The highest BCUT2D eigenvalue weighted by molar-refractivity contribution is 5.84. The van der Waals surface area contributed by atoms with Crippen molar-refractivity contribution in [2.75, 3.05) is 13.6 Å². The van der Waals surface area contributed by atoms with Crippen molar-refractivity contribution in [3.8, 4) is 0 Å². The van der Waals surface area contributed by atoms with Gasteiger partial charge in [0, 0.05) is 23.0 Å². The van der Waals surface area contributed by atoms with E-state index in [4.69, 9.17) is 0 Å². The molecule has 0 fully saturated rings. The lowest BCUT2D eigenvalue weighted by Crippen LogP contribution is -2.13. The summed E-state index contributed by atoms with van der Waals surface area (Å²) < 4.78 is 14.2. The molecule has 2 nitrogen and oxygen atoms in total. The number of fused-ring (bicyclic) bond motifs is 1. The number of benzene rings is 2. The number of H-pyrrole nitrogens is 1. The Morgan fingerprint density at radius 2 is 1.90 bits per heavy atom. The van der Waals surface area contributed by atoms with Crippen molar-refractivity contribution < 1.29 is 4.39 Å². The number of hydrogen-bond donors (Lipinski definition) is 2. The average molecular weight is 282 g/mol. The Morgan fingerprint density at radius 1 is 1.10 bits per heavy atom. The Labute approximate surface area is 124 Å². The molecule has 1 heterocycles. The Kier molecular flexibility index (Phi) is 4.02. The van der Waals surface area contributed by atoms with Gasteiger partial charge in [0.05, 0.1) is 0 Å². The van der Waals surface area contributed by atoms with E-state index in [2.05, 4.69) is 22.4 Å². The molecule has 0 aliphatic rings. The number of nitrogens with one attached hydrogen (secondary N) is 2. The molecule has 0 aliphatic carbocycles. The number of aromatic amines is 1. The van der Waals surface area contributed by atoms with Crippen LogP contribution in [-0.4, -0.2) is 18.6 Å². The molecule has 0 saturated heterocycles. The van der Waals surface area contributed by atoms with Crippen molar-refractivity contribution in [1.82, 2.24) is 10.3 Å². The third-order valence-corrected chi connectivity index (χ3v) is 3.95. The lowest BCUT2D eigenvalue weighted by molar-refractivity contribution is 0.633. The molecule has 1 atom stereocenters. The summed E-state index contributed by atoms with van der Waals surface area (Å²) in [6.07, 6.45) is 2.88. The van der Waals surface area contributed by atoms with Crippen LogP contribution in [0.25, 0.3) is 10.9 Å². The summed E-state index contributed by atoms with van der Waals surface area (Å²) in [5.41, 5.74) is 3.11. The zero-order chi connectivity index (χ0) is 14.7. The van der Waals surface area contributed by atoms with Crippen molar-refractivity contribution >= 4 is 10.9 Å². The van der Waals surface area contributed by atoms with Crippen LogP contribution in [0.15, 0.2) is 54.7 Å². The molecule has 3 heteroatoms. The second kappa shape index (κ2) is 6.10. The van der Waals surface area contributed by atoms with E-state index < -0.39 is 0 Å². The molecule has 2 N–H and O–H groups in total. The topological polar surface area (TPSA) is 27.8 Å². The van der Waals surface area contributed by atoms with Gasteiger partial charge in [-0.1, -0.05) is 36.4 Å². The molecule has 0 spiro atoms. The third kappa shape index (κ3) is 2.69. The lowest BCUT2D eigenvalue weighted by atomic mass is 9.88. The van der Waals surface area contributed by atoms with E-state index in [-0.39, 0.29) is 11.7 Å². The highest BCUT2D eigenvalue weighted by atomic mass is 19.1. The molecule has 3 rings (SSSR count). The fourth-order valence-electron chi connectivity index (χ4n) is 2.92. The number of aromatic nitrogens is 1. The van der Waals surface area contributed by atoms with Gasteiger partial charge in [-0.05, 0) is 43.3 Å². The quantitative estimate of drug-likeness (QED) is 0.726. The molecule has 108 valence electrons. The number of rotatable bonds is 5. The van der Waals surface area contributed by atoms with Crippen LogP contribution in [0.2, 0.25) is 0 Å². The summed E-state index contributed by atoms with van der Waals surface area (Å²) in [7, 11) is 1.94. The molecule has 21 heavy (non-hydrogen) atoms. The van der Waals surface area contributed by atoms with Crippen LogP contribution in [0, 0.1) is 5.82 Å². The molecule has 0 radical (unpaired) electrons. The van der Waals surface area contributed by atoms with Gasteiger partial charge < -0.3 is 10.3 Å². The number of hydrogen-bond acceptors (Lipinski definition) is 1. The minimum Gasteiger partial charge on any atom is -0.361 e. The van der Waals surface area contributed by atoms with Gasteiger partial charge in [-0.2, -0.15) is 0 Å². The van der Waals surface area contributed by atoms with Crippen molar-refractivity contribution in [3.05, 3.63) is 71.7 Å². The van der Waals surface area contributed by atoms with Gasteiger partial charge >= 0.3 is 0 Å². The fraction of sp³-hybridized carbons (Fsp3) is 0.222. The maximum absolute atomic E-state index is 14.2. The molecule has 0 saturated carbocycles. The van der Waals surface area contributed by atoms with Gasteiger partial charge in [0.1, 0.15) is 5.82 Å². The first-order chi connectivity index (χ1) is 10.3. The first kappa shape index (κ1) is 13.8. The molecule has 0 bridgehead atoms. The van der Waals surface area contributed by atoms with Crippen LogP contribution in [-0.2, 0) is 0 Å². The smallest absolute Gasteiger partial charge is 0.132 e. The van der Waals surface area contributed by atoms with Crippen LogP contribution in [0.1, 0.15) is 23.5 Å². The van der Waals surface area contributed by atoms with E-state index in [1.54, 1.807) is 6.07 Å². The van der Waals surface area contributed by atoms with Gasteiger partial charge in [0.25, 0.3) is 0 Å². The van der Waals surface area contributed by atoms with Gasteiger partial charge in [-0.25, -0.2) is 4.39 Å².